The fourth-order valence-corrected chi connectivity index (χ4v) is 3.60. The van der Waals surface area contributed by atoms with E-state index < -0.39 is 0 Å². The van der Waals surface area contributed by atoms with E-state index in [9.17, 15) is 9.90 Å². The van der Waals surface area contributed by atoms with Crippen molar-refractivity contribution in [2.75, 3.05) is 27.4 Å². The molecule has 1 aromatic carbocycles. The van der Waals surface area contributed by atoms with E-state index in [1.165, 1.54) is 0 Å². The van der Waals surface area contributed by atoms with Crippen LogP contribution >= 0.6 is 0 Å². The highest BCUT2D eigenvalue weighted by molar-refractivity contribution is 5.70. The fourth-order valence-electron chi connectivity index (χ4n) is 3.60. The highest BCUT2D eigenvalue weighted by atomic mass is 16.5. The molecule has 2 aromatic rings. The minimum Gasteiger partial charge on any atom is -0.493 e. The number of hydrogen-bond donors (Lipinski definition) is 1. The van der Waals surface area contributed by atoms with Gasteiger partial charge >= 0.3 is 0 Å². The Kier molecular flexibility index (Phi) is 5.87. The molecule has 1 aliphatic rings. The van der Waals surface area contributed by atoms with Gasteiger partial charge in [-0.15, -0.1) is 0 Å². The zero-order chi connectivity index (χ0) is 19.6. The second kappa shape index (κ2) is 8.15. The van der Waals surface area contributed by atoms with Crippen LogP contribution in [0.2, 0.25) is 0 Å². The number of methoxy groups -OCH3 is 2. The number of ether oxygens (including phenoxy) is 3. The maximum Gasteiger partial charge on any atom is 0.187 e. The van der Waals surface area contributed by atoms with E-state index in [0.717, 1.165) is 23.2 Å². The van der Waals surface area contributed by atoms with Crippen LogP contribution in [0, 0.1) is 5.92 Å². The van der Waals surface area contributed by atoms with Gasteiger partial charge in [0.25, 0.3) is 0 Å². The first-order valence-electron chi connectivity index (χ1n) is 9.19. The largest absolute Gasteiger partial charge is 0.493 e. The molecule has 1 aromatic heterocycles. The maximum absolute atomic E-state index is 12.4. The number of aliphatic hydroxyl groups is 1. The molecule has 6 heteroatoms. The van der Waals surface area contributed by atoms with Crippen molar-refractivity contribution in [3.05, 3.63) is 45.7 Å². The van der Waals surface area contributed by atoms with E-state index in [-0.39, 0.29) is 18.1 Å². The molecule has 0 amide bonds. The van der Waals surface area contributed by atoms with Gasteiger partial charge in [0.05, 0.1) is 26.0 Å². The third-order valence-corrected chi connectivity index (χ3v) is 5.09. The van der Waals surface area contributed by atoms with Gasteiger partial charge in [-0.3, -0.25) is 4.79 Å². The summed E-state index contributed by atoms with van der Waals surface area (Å²) in [7, 11) is 3.24. The number of nitrogens with zero attached hydrogens (tertiary/aromatic N) is 1. The fraction of sp³-hybridized carbons (Fsp3) is 0.476. The topological polar surface area (TPSA) is 69.9 Å². The smallest absolute Gasteiger partial charge is 0.187 e. The molecule has 0 bridgehead atoms. The van der Waals surface area contributed by atoms with Crippen molar-refractivity contribution in [2.24, 2.45) is 5.92 Å². The molecule has 27 heavy (non-hydrogen) atoms. The first-order valence-corrected chi connectivity index (χ1v) is 9.19. The first-order chi connectivity index (χ1) is 13.0. The van der Waals surface area contributed by atoms with Gasteiger partial charge in [0.2, 0.25) is 0 Å². The quantitative estimate of drug-likeness (QED) is 0.756. The van der Waals surface area contributed by atoms with Gasteiger partial charge < -0.3 is 23.9 Å². The summed E-state index contributed by atoms with van der Waals surface area (Å²) in [5.41, 5.74) is 3.19. The maximum atomic E-state index is 12.4. The second-order valence-electron chi connectivity index (χ2n) is 7.13. The molecule has 1 N–H and O–H groups in total. The SMILES string of the molecule is COCCOc1cc2c(cc1OC)-c1cc(=O)c(CO)cn1C(C(C)C)C2. The molecule has 1 atom stereocenters. The molecule has 0 saturated carbocycles. The summed E-state index contributed by atoms with van der Waals surface area (Å²) in [4.78, 5) is 12.4. The van der Waals surface area contributed by atoms with Gasteiger partial charge in [0, 0.05) is 36.5 Å². The van der Waals surface area contributed by atoms with Crippen LogP contribution < -0.4 is 14.9 Å². The summed E-state index contributed by atoms with van der Waals surface area (Å²) in [6.07, 6.45) is 2.61. The zero-order valence-electron chi connectivity index (χ0n) is 16.3. The van der Waals surface area contributed by atoms with Crippen LogP contribution in [-0.4, -0.2) is 37.1 Å². The summed E-state index contributed by atoms with van der Waals surface area (Å²) in [6, 6.07) is 5.74. The van der Waals surface area contributed by atoms with E-state index >= 15 is 0 Å². The van der Waals surface area contributed by atoms with Crippen LogP contribution in [0.1, 0.15) is 31.0 Å². The van der Waals surface area contributed by atoms with E-state index in [0.29, 0.717) is 36.2 Å². The molecule has 0 aliphatic carbocycles. The molecular weight excluding hydrogens is 346 g/mol. The van der Waals surface area contributed by atoms with Crippen LogP contribution in [-0.2, 0) is 17.8 Å². The average molecular weight is 373 g/mol. The number of pyridine rings is 1. The van der Waals surface area contributed by atoms with Gasteiger partial charge in [-0.1, -0.05) is 13.8 Å². The third kappa shape index (κ3) is 3.73. The number of hydrogen-bond acceptors (Lipinski definition) is 5. The monoisotopic (exact) mass is 373 g/mol. The lowest BCUT2D eigenvalue weighted by Gasteiger charge is -2.34. The standard InChI is InChI=1S/C21H27NO5/c1-13(2)17-7-14-8-21(27-6-5-25-3)20(26-4)9-16(14)18-10-19(24)15(12-23)11-22(17)18/h8-11,13,17,23H,5-7,12H2,1-4H3. The molecule has 1 aliphatic heterocycles. The molecule has 3 rings (SSSR count). The highest BCUT2D eigenvalue weighted by Gasteiger charge is 2.28. The lowest BCUT2D eigenvalue weighted by molar-refractivity contribution is 0.144. The Bertz CT molecular complexity index is 872. The predicted octanol–water partition coefficient (Wildman–Crippen LogP) is 2.79. The van der Waals surface area contributed by atoms with E-state index in [4.69, 9.17) is 14.2 Å². The molecule has 0 fully saturated rings. The van der Waals surface area contributed by atoms with Crippen molar-refractivity contribution in [3.8, 4) is 22.8 Å². The van der Waals surface area contributed by atoms with Gasteiger partial charge in [-0.2, -0.15) is 0 Å². The Morgan fingerprint density at radius 3 is 2.59 bits per heavy atom. The summed E-state index contributed by atoms with van der Waals surface area (Å²) >= 11 is 0. The summed E-state index contributed by atoms with van der Waals surface area (Å²) in [5.74, 6) is 1.67. The minimum atomic E-state index is -0.258. The Morgan fingerprint density at radius 2 is 1.96 bits per heavy atom. The zero-order valence-corrected chi connectivity index (χ0v) is 16.3. The Hall–Kier alpha value is -2.31. The highest BCUT2D eigenvalue weighted by Crippen LogP contribution is 2.42. The van der Waals surface area contributed by atoms with E-state index in [1.54, 1.807) is 26.5 Å². The van der Waals surface area contributed by atoms with Crippen molar-refractivity contribution in [1.82, 2.24) is 4.57 Å². The van der Waals surface area contributed by atoms with Gasteiger partial charge in [-0.25, -0.2) is 0 Å². The molecule has 146 valence electrons. The molecule has 1 unspecified atom stereocenters. The first kappa shape index (κ1) is 19.5. The molecule has 0 saturated heterocycles. The van der Waals surface area contributed by atoms with Gasteiger partial charge in [-0.05, 0) is 30.0 Å². The predicted molar refractivity (Wildman–Crippen MR) is 104 cm³/mol. The van der Waals surface area contributed by atoms with Crippen LogP contribution in [0.4, 0.5) is 0 Å². The van der Waals surface area contributed by atoms with Gasteiger partial charge in [0.15, 0.2) is 16.9 Å². The summed E-state index contributed by atoms with van der Waals surface area (Å²) in [6.45, 7) is 5.00. The molecule has 2 heterocycles. The van der Waals surface area contributed by atoms with Crippen molar-refractivity contribution >= 4 is 0 Å². The number of benzene rings is 1. The van der Waals surface area contributed by atoms with Crippen molar-refractivity contribution < 1.29 is 19.3 Å². The van der Waals surface area contributed by atoms with E-state index in [1.807, 2.05) is 12.1 Å². The van der Waals surface area contributed by atoms with Crippen molar-refractivity contribution in [3.63, 3.8) is 0 Å². The summed E-state index contributed by atoms with van der Waals surface area (Å²) in [5, 5.41) is 9.50. The van der Waals surface area contributed by atoms with E-state index in [2.05, 4.69) is 18.4 Å². The van der Waals surface area contributed by atoms with Gasteiger partial charge in [0.1, 0.15) is 6.61 Å². The lowest BCUT2D eigenvalue weighted by Crippen LogP contribution is -2.27. The average Bonchev–Trinajstić information content (AvgIpc) is 2.66. The summed E-state index contributed by atoms with van der Waals surface area (Å²) < 4.78 is 18.5. The third-order valence-electron chi connectivity index (χ3n) is 5.09. The Labute approximate surface area is 159 Å². The molecule has 6 nitrogen and oxygen atoms in total. The second-order valence-corrected chi connectivity index (χ2v) is 7.13. The van der Waals surface area contributed by atoms with Crippen LogP contribution in [0.5, 0.6) is 11.5 Å². The van der Waals surface area contributed by atoms with Crippen molar-refractivity contribution in [1.29, 1.82) is 0 Å². The molecular formula is C21H27NO5. The number of aromatic nitrogens is 1. The molecule has 0 radical (unpaired) electrons. The minimum absolute atomic E-state index is 0.154. The molecule has 0 spiro atoms. The van der Waals surface area contributed by atoms with Crippen LogP contribution in [0.25, 0.3) is 11.3 Å². The van der Waals surface area contributed by atoms with Crippen LogP contribution in [0.15, 0.2) is 29.2 Å². The number of fused-ring (bicyclic) bond motifs is 3. The normalized spacial score (nSPS) is 15.4. The lowest BCUT2D eigenvalue weighted by atomic mass is 9.87. The number of rotatable bonds is 7. The Balaban J connectivity index is 2.14. The number of aliphatic hydroxyl groups excluding tert-OH is 1. The van der Waals surface area contributed by atoms with Crippen LogP contribution in [0.3, 0.4) is 0 Å². The van der Waals surface area contributed by atoms with Crippen molar-refractivity contribution in [2.45, 2.75) is 32.9 Å². The Morgan fingerprint density at radius 1 is 1.19 bits per heavy atom.